The number of likely N-dealkylation sites (tertiary alicyclic amines) is 1. The van der Waals surface area contributed by atoms with Crippen molar-refractivity contribution >= 4 is 5.91 Å². The van der Waals surface area contributed by atoms with Gasteiger partial charge in [0.05, 0.1) is 17.7 Å². The first kappa shape index (κ1) is 14.5. The van der Waals surface area contributed by atoms with Crippen molar-refractivity contribution in [3.05, 3.63) is 30.1 Å². The maximum absolute atomic E-state index is 12.3. The van der Waals surface area contributed by atoms with Crippen LogP contribution in [0, 0.1) is 5.92 Å². The van der Waals surface area contributed by atoms with Gasteiger partial charge in [-0.15, -0.1) is 0 Å². The summed E-state index contributed by atoms with van der Waals surface area (Å²) in [6, 6.07) is 6.53. The summed E-state index contributed by atoms with van der Waals surface area (Å²) in [5.41, 5.74) is 0.925. The molecule has 0 bridgehead atoms. The Kier molecular flexibility index (Phi) is 4.54. The molecular formula is C17H25N3O. The van der Waals surface area contributed by atoms with Gasteiger partial charge in [0.15, 0.2) is 0 Å². The predicted molar refractivity (Wildman–Crippen MR) is 82.7 cm³/mol. The van der Waals surface area contributed by atoms with E-state index in [2.05, 4.69) is 15.2 Å². The molecule has 114 valence electrons. The van der Waals surface area contributed by atoms with Crippen LogP contribution in [0.4, 0.5) is 0 Å². The molecule has 1 saturated heterocycles. The third-order valence-electron chi connectivity index (χ3n) is 4.86. The summed E-state index contributed by atoms with van der Waals surface area (Å²) >= 11 is 0. The van der Waals surface area contributed by atoms with Crippen LogP contribution in [0.1, 0.15) is 50.8 Å². The van der Waals surface area contributed by atoms with Crippen LogP contribution in [-0.2, 0) is 4.79 Å². The predicted octanol–water partition coefficient (Wildman–Crippen LogP) is 2.52. The molecule has 0 spiro atoms. The second-order valence-corrected chi connectivity index (χ2v) is 6.43. The number of rotatable bonds is 4. The highest BCUT2D eigenvalue weighted by molar-refractivity contribution is 5.80. The molecule has 1 aromatic heterocycles. The minimum absolute atomic E-state index is 0.0116. The summed E-state index contributed by atoms with van der Waals surface area (Å²) in [4.78, 5) is 19.1. The summed E-state index contributed by atoms with van der Waals surface area (Å²) in [7, 11) is 0. The second-order valence-electron chi connectivity index (χ2n) is 6.43. The van der Waals surface area contributed by atoms with E-state index in [4.69, 9.17) is 0 Å². The van der Waals surface area contributed by atoms with Crippen LogP contribution in [0.2, 0.25) is 0 Å². The van der Waals surface area contributed by atoms with E-state index in [1.54, 1.807) is 6.20 Å². The molecule has 1 atom stereocenters. The van der Waals surface area contributed by atoms with E-state index in [0.29, 0.717) is 0 Å². The molecule has 2 aliphatic rings. The molecule has 1 aliphatic heterocycles. The van der Waals surface area contributed by atoms with Gasteiger partial charge < -0.3 is 5.32 Å². The number of pyridine rings is 1. The Balaban J connectivity index is 1.45. The molecule has 3 rings (SSSR count). The molecule has 4 heteroatoms. The zero-order valence-electron chi connectivity index (χ0n) is 12.8. The second kappa shape index (κ2) is 6.56. The lowest BCUT2D eigenvalue weighted by Gasteiger charge is -2.45. The van der Waals surface area contributed by atoms with Crippen LogP contribution >= 0.6 is 0 Å². The lowest BCUT2D eigenvalue weighted by atomic mass is 9.88. The van der Waals surface area contributed by atoms with E-state index in [1.165, 1.54) is 32.1 Å². The lowest BCUT2D eigenvalue weighted by Crippen LogP contribution is -2.57. The summed E-state index contributed by atoms with van der Waals surface area (Å²) in [6.45, 7) is 3.87. The van der Waals surface area contributed by atoms with Gasteiger partial charge in [0, 0.05) is 25.3 Å². The van der Waals surface area contributed by atoms with E-state index in [1.807, 2.05) is 25.1 Å². The van der Waals surface area contributed by atoms with Gasteiger partial charge in [0.2, 0.25) is 5.91 Å². The van der Waals surface area contributed by atoms with Gasteiger partial charge in [-0.3, -0.25) is 14.7 Å². The van der Waals surface area contributed by atoms with Crippen molar-refractivity contribution in [1.29, 1.82) is 0 Å². The number of carbonyl (C=O) groups excluding carboxylic acids is 1. The Bertz CT molecular complexity index is 464. The molecule has 1 amide bonds. The fourth-order valence-electron chi connectivity index (χ4n) is 3.46. The first-order chi connectivity index (χ1) is 10.2. The highest BCUT2D eigenvalue weighted by atomic mass is 16.2. The number of aromatic nitrogens is 1. The number of carbonyl (C=O) groups is 1. The number of hydrogen-bond donors (Lipinski definition) is 1. The van der Waals surface area contributed by atoms with Crippen molar-refractivity contribution in [3.8, 4) is 0 Å². The van der Waals surface area contributed by atoms with Crippen LogP contribution in [0.15, 0.2) is 24.4 Å². The SMILES string of the molecule is C[C@@H](NC(=O)C1CN(C2CCCCC2)C1)c1ccccn1. The number of amides is 1. The molecule has 1 saturated carbocycles. The first-order valence-electron chi connectivity index (χ1n) is 8.19. The molecule has 0 aromatic carbocycles. The van der Waals surface area contributed by atoms with Gasteiger partial charge in [-0.1, -0.05) is 25.3 Å². The number of hydrogen-bond acceptors (Lipinski definition) is 3. The Labute approximate surface area is 126 Å². The van der Waals surface area contributed by atoms with E-state index < -0.39 is 0 Å². The van der Waals surface area contributed by atoms with Gasteiger partial charge in [-0.05, 0) is 31.9 Å². The fraction of sp³-hybridized carbons (Fsp3) is 0.647. The van der Waals surface area contributed by atoms with Crippen molar-refractivity contribution in [1.82, 2.24) is 15.2 Å². The van der Waals surface area contributed by atoms with Crippen LogP contribution in [0.5, 0.6) is 0 Å². The zero-order valence-corrected chi connectivity index (χ0v) is 12.8. The zero-order chi connectivity index (χ0) is 14.7. The minimum Gasteiger partial charge on any atom is -0.348 e. The smallest absolute Gasteiger partial charge is 0.226 e. The van der Waals surface area contributed by atoms with Gasteiger partial charge in [0.1, 0.15) is 0 Å². The normalized spacial score (nSPS) is 22.5. The van der Waals surface area contributed by atoms with Gasteiger partial charge in [0.25, 0.3) is 0 Å². The Morgan fingerprint density at radius 3 is 2.71 bits per heavy atom. The monoisotopic (exact) mass is 287 g/mol. The molecule has 0 radical (unpaired) electrons. The summed E-state index contributed by atoms with van der Waals surface area (Å²) < 4.78 is 0. The maximum atomic E-state index is 12.3. The third-order valence-corrected chi connectivity index (χ3v) is 4.86. The molecule has 2 heterocycles. The summed E-state index contributed by atoms with van der Waals surface area (Å²) in [5.74, 6) is 0.346. The van der Waals surface area contributed by atoms with Crippen molar-refractivity contribution in [2.75, 3.05) is 13.1 Å². The molecule has 2 fully saturated rings. The van der Waals surface area contributed by atoms with Gasteiger partial charge in [-0.2, -0.15) is 0 Å². The molecular weight excluding hydrogens is 262 g/mol. The van der Waals surface area contributed by atoms with Crippen molar-refractivity contribution in [3.63, 3.8) is 0 Å². The standard InChI is InChI=1S/C17H25N3O/c1-13(16-9-5-6-10-18-16)19-17(21)14-11-20(12-14)15-7-3-2-4-8-15/h5-6,9-10,13-15H,2-4,7-8,11-12H2,1H3,(H,19,21)/t13-/m1/s1. The van der Waals surface area contributed by atoms with Crippen molar-refractivity contribution < 1.29 is 4.79 Å². The fourth-order valence-corrected chi connectivity index (χ4v) is 3.46. The molecule has 1 N–H and O–H groups in total. The lowest BCUT2D eigenvalue weighted by molar-refractivity contribution is -0.132. The quantitative estimate of drug-likeness (QED) is 0.925. The third kappa shape index (κ3) is 3.43. The van der Waals surface area contributed by atoms with Gasteiger partial charge >= 0.3 is 0 Å². The van der Waals surface area contributed by atoms with E-state index in [-0.39, 0.29) is 17.9 Å². The average Bonchev–Trinajstić information content (AvgIpc) is 2.47. The average molecular weight is 287 g/mol. The molecule has 4 nitrogen and oxygen atoms in total. The summed E-state index contributed by atoms with van der Waals surface area (Å²) in [6.07, 6.45) is 8.50. The molecule has 0 unspecified atom stereocenters. The van der Waals surface area contributed by atoms with Crippen LogP contribution in [-0.4, -0.2) is 34.9 Å². The topological polar surface area (TPSA) is 45.2 Å². The first-order valence-corrected chi connectivity index (χ1v) is 8.19. The summed E-state index contributed by atoms with van der Waals surface area (Å²) in [5, 5.41) is 3.09. The molecule has 21 heavy (non-hydrogen) atoms. The Morgan fingerprint density at radius 1 is 1.29 bits per heavy atom. The van der Waals surface area contributed by atoms with E-state index in [9.17, 15) is 4.79 Å². The Hall–Kier alpha value is -1.42. The highest BCUT2D eigenvalue weighted by Crippen LogP contribution is 2.28. The van der Waals surface area contributed by atoms with Crippen LogP contribution in [0.3, 0.4) is 0 Å². The highest BCUT2D eigenvalue weighted by Gasteiger charge is 2.37. The van der Waals surface area contributed by atoms with Crippen LogP contribution < -0.4 is 5.32 Å². The number of nitrogens with one attached hydrogen (secondary N) is 1. The van der Waals surface area contributed by atoms with E-state index >= 15 is 0 Å². The van der Waals surface area contributed by atoms with Crippen LogP contribution in [0.25, 0.3) is 0 Å². The van der Waals surface area contributed by atoms with Gasteiger partial charge in [-0.25, -0.2) is 0 Å². The minimum atomic E-state index is -0.0116. The van der Waals surface area contributed by atoms with Crippen molar-refractivity contribution in [2.24, 2.45) is 5.92 Å². The molecule has 1 aromatic rings. The largest absolute Gasteiger partial charge is 0.348 e. The van der Waals surface area contributed by atoms with E-state index in [0.717, 1.165) is 24.8 Å². The Morgan fingerprint density at radius 2 is 2.05 bits per heavy atom. The molecule has 1 aliphatic carbocycles. The number of nitrogens with zero attached hydrogens (tertiary/aromatic N) is 2. The van der Waals surface area contributed by atoms with Crippen molar-refractivity contribution in [2.45, 2.75) is 51.1 Å². The maximum Gasteiger partial charge on any atom is 0.226 e.